The minimum Gasteiger partial charge on any atom is -0.481 e. The Morgan fingerprint density at radius 3 is 2.45 bits per heavy atom. The molecule has 6 heteroatoms. The number of hydrogen-bond donors (Lipinski definition) is 2. The molecule has 62 valence electrons. The lowest BCUT2D eigenvalue weighted by molar-refractivity contribution is -0.784. The second-order valence-electron chi connectivity index (χ2n) is 1.73. The maximum Gasteiger partial charge on any atom is 0.303 e. The zero-order valence-electron chi connectivity index (χ0n) is 6.48. The Hall–Kier alpha value is -1.46. The topological polar surface area (TPSA) is 82.8 Å². The molecule has 0 aromatic carbocycles. The van der Waals surface area contributed by atoms with Gasteiger partial charge >= 0.3 is 5.97 Å². The van der Waals surface area contributed by atoms with Gasteiger partial charge in [-0.3, -0.25) is 4.79 Å². The largest absolute Gasteiger partial charge is 0.481 e. The summed E-state index contributed by atoms with van der Waals surface area (Å²) in [5, 5.41) is 17.5. The third-order valence-electron chi connectivity index (χ3n) is 0.787. The highest BCUT2D eigenvalue weighted by molar-refractivity contribution is 5.66. The molecule has 0 unspecified atom stereocenters. The molecule has 0 aliphatic rings. The number of H-pyrrole nitrogens is 1. The summed E-state index contributed by atoms with van der Waals surface area (Å²) in [7, 11) is 1.77. The quantitative estimate of drug-likeness (QED) is 0.521. The lowest BCUT2D eigenvalue weighted by atomic mass is 10.5. The van der Waals surface area contributed by atoms with Crippen molar-refractivity contribution in [3.8, 4) is 0 Å². The highest BCUT2D eigenvalue weighted by Gasteiger charge is 1.82. The van der Waals surface area contributed by atoms with Crippen molar-refractivity contribution in [1.29, 1.82) is 0 Å². The van der Waals surface area contributed by atoms with Crippen LogP contribution in [-0.2, 0) is 11.8 Å². The molecule has 0 spiro atoms. The fraction of sp³-hybridized carbons (Fsp3) is 0.600. The lowest BCUT2D eigenvalue weighted by Gasteiger charge is -1.71. The number of carbonyl (C=O) groups is 1. The molecule has 0 radical (unpaired) electrons. The normalized spacial score (nSPS) is 8.18. The van der Waals surface area contributed by atoms with Crippen molar-refractivity contribution in [1.82, 2.24) is 15.4 Å². The summed E-state index contributed by atoms with van der Waals surface area (Å²) in [6.45, 7) is 1.60. The van der Waals surface area contributed by atoms with E-state index in [9.17, 15) is 4.79 Å². The number of aryl methyl sites for hydroxylation is 1. The minimum absolute atomic E-state index is 0.222. The number of nitrogens with one attached hydrogen (secondary N) is 1. The highest BCUT2D eigenvalue weighted by Crippen LogP contribution is 1.67. The fourth-order valence-electron chi connectivity index (χ4n) is 0.238. The summed E-state index contributed by atoms with van der Waals surface area (Å²) in [5.41, 5.74) is 0. The summed E-state index contributed by atoms with van der Waals surface area (Å²) in [6, 6.07) is 0. The van der Waals surface area contributed by atoms with Crippen LogP contribution < -0.4 is 4.80 Å². The predicted molar refractivity (Wildman–Crippen MR) is 35.5 cm³/mol. The minimum atomic E-state index is -0.745. The van der Waals surface area contributed by atoms with E-state index in [1.165, 1.54) is 11.1 Å². The molecule has 1 aromatic rings. The van der Waals surface area contributed by atoms with Crippen molar-refractivity contribution in [2.75, 3.05) is 0 Å². The second kappa shape index (κ2) is 5.33. The van der Waals surface area contributed by atoms with Crippen molar-refractivity contribution < 1.29 is 14.7 Å². The molecule has 1 heterocycles. The van der Waals surface area contributed by atoms with Crippen molar-refractivity contribution in [3.05, 3.63) is 6.33 Å². The van der Waals surface area contributed by atoms with Gasteiger partial charge in [0.2, 0.25) is 0 Å². The zero-order chi connectivity index (χ0) is 8.69. The molecule has 0 saturated carbocycles. The molecule has 0 amide bonds. The van der Waals surface area contributed by atoms with E-state index < -0.39 is 5.97 Å². The van der Waals surface area contributed by atoms with Crippen molar-refractivity contribution in [2.45, 2.75) is 13.3 Å². The Balaban J connectivity index is 0.000000187. The van der Waals surface area contributed by atoms with E-state index in [1.807, 2.05) is 0 Å². The van der Waals surface area contributed by atoms with Crippen LogP contribution in [-0.4, -0.2) is 26.5 Å². The summed E-state index contributed by atoms with van der Waals surface area (Å²) < 4.78 is 0. The number of hydrogen-bond acceptors (Lipinski definition) is 3. The Bertz CT molecular complexity index is 196. The molecule has 0 bridgehead atoms. The van der Waals surface area contributed by atoms with E-state index in [0.29, 0.717) is 0 Å². The van der Waals surface area contributed by atoms with Gasteiger partial charge in [-0.1, -0.05) is 11.7 Å². The third-order valence-corrected chi connectivity index (χ3v) is 0.787. The Morgan fingerprint density at radius 1 is 1.82 bits per heavy atom. The second-order valence-corrected chi connectivity index (χ2v) is 1.73. The van der Waals surface area contributed by atoms with E-state index in [4.69, 9.17) is 5.11 Å². The monoisotopic (exact) mass is 159 g/mol. The van der Waals surface area contributed by atoms with Crippen LogP contribution in [0.1, 0.15) is 13.3 Å². The van der Waals surface area contributed by atoms with Gasteiger partial charge in [-0.15, -0.1) is 0 Å². The van der Waals surface area contributed by atoms with Gasteiger partial charge in [-0.25, -0.2) is 0 Å². The van der Waals surface area contributed by atoms with Gasteiger partial charge in [-0.2, -0.15) is 0 Å². The van der Waals surface area contributed by atoms with Gasteiger partial charge in [-0.05, 0) is 10.3 Å². The summed E-state index contributed by atoms with van der Waals surface area (Å²) in [6.07, 6.45) is 1.67. The molecule has 0 aliphatic heterocycles. The van der Waals surface area contributed by atoms with Crippen LogP contribution in [0.25, 0.3) is 0 Å². The van der Waals surface area contributed by atoms with Crippen LogP contribution in [0.15, 0.2) is 6.33 Å². The SMILES string of the molecule is CCC(=O)O.C[n+]1ncn[nH]1. The van der Waals surface area contributed by atoms with Crippen LogP contribution in [0.2, 0.25) is 0 Å². The molecule has 0 saturated heterocycles. The summed E-state index contributed by atoms with van der Waals surface area (Å²) in [5.74, 6) is -0.745. The molecule has 0 atom stereocenters. The standard InChI is InChI=1S/C3H6O2.C2H4N4/c1-2-3(4)5;1-6-4-2-3-5-6/h2H2,1H3,(H,4,5);2H,1H3/p+1. The van der Waals surface area contributed by atoms with Crippen LogP contribution >= 0.6 is 0 Å². The van der Waals surface area contributed by atoms with Crippen LogP contribution in [0, 0.1) is 0 Å². The van der Waals surface area contributed by atoms with Crippen LogP contribution in [0.3, 0.4) is 0 Å². The number of aromatic nitrogens is 4. The van der Waals surface area contributed by atoms with E-state index in [0.717, 1.165) is 0 Å². The molecule has 6 nitrogen and oxygen atoms in total. The van der Waals surface area contributed by atoms with Gasteiger partial charge < -0.3 is 5.11 Å². The Kier molecular flexibility index (Phi) is 4.63. The number of aliphatic carboxylic acids is 1. The van der Waals surface area contributed by atoms with Crippen molar-refractivity contribution >= 4 is 5.97 Å². The molecule has 1 rings (SSSR count). The first-order valence-electron chi connectivity index (χ1n) is 3.10. The number of aromatic amines is 1. The number of carboxylic acid groups (broad SMARTS) is 1. The third kappa shape index (κ3) is 6.42. The first kappa shape index (κ1) is 9.54. The van der Waals surface area contributed by atoms with Crippen LogP contribution in [0.4, 0.5) is 0 Å². The van der Waals surface area contributed by atoms with Gasteiger partial charge in [0.1, 0.15) is 7.05 Å². The van der Waals surface area contributed by atoms with Crippen molar-refractivity contribution in [2.24, 2.45) is 7.05 Å². The predicted octanol–water partition coefficient (Wildman–Crippen LogP) is -0.890. The summed E-state index contributed by atoms with van der Waals surface area (Å²) in [4.78, 5) is 10.9. The number of carboxylic acids is 1. The van der Waals surface area contributed by atoms with Crippen molar-refractivity contribution in [3.63, 3.8) is 0 Å². The van der Waals surface area contributed by atoms with Gasteiger partial charge in [0.05, 0.1) is 5.10 Å². The average molecular weight is 159 g/mol. The van der Waals surface area contributed by atoms with Gasteiger partial charge in [0.15, 0.2) is 0 Å². The number of rotatable bonds is 1. The maximum absolute atomic E-state index is 9.37. The first-order valence-corrected chi connectivity index (χ1v) is 3.10. The molecule has 11 heavy (non-hydrogen) atoms. The Morgan fingerprint density at radius 2 is 2.36 bits per heavy atom. The number of tetrazole rings is 1. The van der Waals surface area contributed by atoms with E-state index in [1.54, 1.807) is 14.0 Å². The smallest absolute Gasteiger partial charge is 0.303 e. The van der Waals surface area contributed by atoms with E-state index in [-0.39, 0.29) is 6.42 Å². The van der Waals surface area contributed by atoms with Gasteiger partial charge in [0, 0.05) is 6.42 Å². The molecule has 0 aliphatic carbocycles. The summed E-state index contributed by atoms with van der Waals surface area (Å²) >= 11 is 0. The highest BCUT2D eigenvalue weighted by atomic mass is 16.4. The molecule has 0 fully saturated rings. The lowest BCUT2D eigenvalue weighted by Crippen LogP contribution is -2.33. The van der Waals surface area contributed by atoms with E-state index >= 15 is 0 Å². The average Bonchev–Trinajstić information content (AvgIpc) is 2.41. The molecule has 2 N–H and O–H groups in total. The maximum atomic E-state index is 9.37. The van der Waals surface area contributed by atoms with E-state index in [2.05, 4.69) is 15.4 Å². The fourth-order valence-corrected chi connectivity index (χ4v) is 0.238. The molecule has 1 aromatic heterocycles. The first-order chi connectivity index (χ1) is 5.16. The zero-order valence-corrected chi connectivity index (χ0v) is 6.48. The van der Waals surface area contributed by atoms with Crippen LogP contribution in [0.5, 0.6) is 0 Å². The van der Waals surface area contributed by atoms with Gasteiger partial charge in [0.25, 0.3) is 6.33 Å². The Labute approximate surface area is 63.8 Å². The molecular formula is C5H11N4O2+. The molecular weight excluding hydrogens is 148 g/mol. The number of nitrogens with zero attached hydrogens (tertiary/aromatic N) is 3.